The average Bonchev–Trinajstić information content (AvgIpc) is 2.98. The van der Waals surface area contributed by atoms with Crippen LogP contribution in [0.5, 0.6) is 0 Å². The number of carbonyl (C=O) groups is 1. The molecule has 7 heteroatoms. The zero-order valence-corrected chi connectivity index (χ0v) is 13.0. The molecule has 20 heavy (non-hydrogen) atoms. The number of rotatable bonds is 6. The van der Waals surface area contributed by atoms with Crippen molar-refractivity contribution in [2.45, 2.75) is 43.9 Å². The third kappa shape index (κ3) is 3.39. The summed E-state index contributed by atoms with van der Waals surface area (Å²) in [5, 5.41) is 10.6. The predicted octanol–water partition coefficient (Wildman–Crippen LogP) is 2.61. The van der Waals surface area contributed by atoms with Crippen LogP contribution in [0.2, 0.25) is 0 Å². The van der Waals surface area contributed by atoms with Gasteiger partial charge in [-0.25, -0.2) is 17.9 Å². The number of sulfonamides is 1. The summed E-state index contributed by atoms with van der Waals surface area (Å²) in [6.45, 7) is 2.00. The lowest BCUT2D eigenvalue weighted by atomic mass is 10.1. The Hall–Kier alpha value is -0.920. The minimum absolute atomic E-state index is 0.0820. The van der Waals surface area contributed by atoms with Gasteiger partial charge in [0.1, 0.15) is 9.77 Å². The molecule has 1 fully saturated rings. The maximum atomic E-state index is 12.2. The minimum atomic E-state index is -3.74. The Morgan fingerprint density at radius 1 is 1.45 bits per heavy atom. The van der Waals surface area contributed by atoms with Gasteiger partial charge < -0.3 is 5.11 Å². The molecule has 2 rings (SSSR count). The van der Waals surface area contributed by atoms with Crippen molar-refractivity contribution in [2.24, 2.45) is 5.92 Å². The van der Waals surface area contributed by atoms with E-state index in [1.807, 2.05) is 0 Å². The van der Waals surface area contributed by atoms with E-state index < -0.39 is 16.0 Å². The molecule has 1 aliphatic rings. The van der Waals surface area contributed by atoms with Crippen LogP contribution < -0.4 is 4.72 Å². The molecule has 0 unspecified atom stereocenters. The number of carboxylic acid groups (broad SMARTS) is 1. The van der Waals surface area contributed by atoms with E-state index in [1.165, 1.54) is 25.7 Å². The van der Waals surface area contributed by atoms with E-state index in [-0.39, 0.29) is 9.77 Å². The van der Waals surface area contributed by atoms with Crippen molar-refractivity contribution in [3.63, 3.8) is 0 Å². The Morgan fingerprint density at radius 2 is 2.10 bits per heavy atom. The van der Waals surface area contributed by atoms with Crippen LogP contribution in [-0.2, 0) is 10.0 Å². The Kier molecular flexibility index (Phi) is 4.82. The Labute approximate surface area is 123 Å². The highest BCUT2D eigenvalue weighted by molar-refractivity contribution is 7.89. The summed E-state index contributed by atoms with van der Waals surface area (Å²) in [6, 6.07) is 0. The first kappa shape index (κ1) is 15.5. The van der Waals surface area contributed by atoms with E-state index in [9.17, 15) is 13.2 Å². The zero-order valence-electron chi connectivity index (χ0n) is 11.4. The summed E-state index contributed by atoms with van der Waals surface area (Å²) in [6.07, 6.45) is 5.61. The molecule has 0 saturated heterocycles. The maximum absolute atomic E-state index is 12.2. The lowest BCUT2D eigenvalue weighted by Crippen LogP contribution is -2.27. The molecule has 1 aromatic rings. The molecule has 5 nitrogen and oxygen atoms in total. The van der Waals surface area contributed by atoms with Gasteiger partial charge >= 0.3 is 5.97 Å². The Morgan fingerprint density at radius 3 is 2.70 bits per heavy atom. The normalized spacial score (nSPS) is 16.6. The first-order chi connectivity index (χ1) is 9.42. The van der Waals surface area contributed by atoms with Crippen molar-refractivity contribution >= 4 is 27.3 Å². The number of thiophene rings is 1. The van der Waals surface area contributed by atoms with Gasteiger partial charge in [-0.2, -0.15) is 0 Å². The van der Waals surface area contributed by atoms with Gasteiger partial charge in [-0.05, 0) is 30.2 Å². The minimum Gasteiger partial charge on any atom is -0.477 e. The standard InChI is InChI=1S/C13H19NO4S2/c1-9-8-19-11(13(15)16)12(9)20(17,18)14-7-6-10-4-2-3-5-10/h8,10,14H,2-7H2,1H3,(H,15,16). The number of aryl methyl sites for hydroxylation is 1. The van der Waals surface area contributed by atoms with Gasteiger partial charge in [0.05, 0.1) is 0 Å². The largest absolute Gasteiger partial charge is 0.477 e. The van der Waals surface area contributed by atoms with Crippen LogP contribution in [0.15, 0.2) is 10.3 Å². The highest BCUT2D eigenvalue weighted by Gasteiger charge is 2.26. The lowest BCUT2D eigenvalue weighted by molar-refractivity contribution is 0.0698. The fraction of sp³-hybridized carbons (Fsp3) is 0.615. The van der Waals surface area contributed by atoms with Crippen LogP contribution in [0, 0.1) is 12.8 Å². The third-order valence-corrected chi connectivity index (χ3v) is 6.56. The molecule has 1 heterocycles. The highest BCUT2D eigenvalue weighted by Crippen LogP contribution is 2.28. The average molecular weight is 317 g/mol. The van der Waals surface area contributed by atoms with E-state index in [0.29, 0.717) is 18.0 Å². The van der Waals surface area contributed by atoms with E-state index in [4.69, 9.17) is 5.11 Å². The number of carboxylic acids is 1. The molecular weight excluding hydrogens is 298 g/mol. The van der Waals surface area contributed by atoms with E-state index in [1.54, 1.807) is 12.3 Å². The van der Waals surface area contributed by atoms with Gasteiger partial charge in [0.2, 0.25) is 10.0 Å². The van der Waals surface area contributed by atoms with E-state index in [0.717, 1.165) is 17.8 Å². The summed E-state index contributed by atoms with van der Waals surface area (Å²) in [4.78, 5) is 10.9. The molecule has 0 atom stereocenters. The molecule has 0 bridgehead atoms. The van der Waals surface area contributed by atoms with Crippen LogP contribution in [-0.4, -0.2) is 26.0 Å². The van der Waals surface area contributed by atoms with Crippen LogP contribution >= 0.6 is 11.3 Å². The molecule has 0 aliphatic heterocycles. The van der Waals surface area contributed by atoms with Gasteiger partial charge in [-0.3, -0.25) is 0 Å². The summed E-state index contributed by atoms with van der Waals surface area (Å²) >= 11 is 0.951. The summed E-state index contributed by atoms with van der Waals surface area (Å²) < 4.78 is 27.0. The molecule has 0 amide bonds. The van der Waals surface area contributed by atoms with Gasteiger partial charge in [0.25, 0.3) is 0 Å². The third-order valence-electron chi connectivity index (χ3n) is 3.70. The smallest absolute Gasteiger partial charge is 0.347 e. The van der Waals surface area contributed by atoms with Crippen LogP contribution in [0.25, 0.3) is 0 Å². The molecular formula is C13H19NO4S2. The second-order valence-electron chi connectivity index (χ2n) is 5.22. The SMILES string of the molecule is Cc1csc(C(=O)O)c1S(=O)(=O)NCCC1CCCC1. The quantitative estimate of drug-likeness (QED) is 0.845. The van der Waals surface area contributed by atoms with Crippen LogP contribution in [0.1, 0.15) is 47.3 Å². The van der Waals surface area contributed by atoms with Gasteiger partial charge in [0, 0.05) is 6.54 Å². The number of hydrogen-bond donors (Lipinski definition) is 2. The second kappa shape index (κ2) is 6.24. The molecule has 0 aromatic carbocycles. The number of hydrogen-bond acceptors (Lipinski definition) is 4. The fourth-order valence-corrected chi connectivity index (χ4v) is 5.36. The first-order valence-electron chi connectivity index (χ1n) is 6.73. The maximum Gasteiger partial charge on any atom is 0.347 e. The van der Waals surface area contributed by atoms with Gasteiger partial charge in [-0.15, -0.1) is 11.3 Å². The lowest BCUT2D eigenvalue weighted by Gasteiger charge is -2.11. The molecule has 112 valence electrons. The summed E-state index contributed by atoms with van der Waals surface area (Å²) in [7, 11) is -3.74. The van der Waals surface area contributed by atoms with Crippen molar-refractivity contribution < 1.29 is 18.3 Å². The topological polar surface area (TPSA) is 83.5 Å². The molecule has 0 radical (unpaired) electrons. The summed E-state index contributed by atoms with van der Waals surface area (Å²) in [5.74, 6) is -0.598. The second-order valence-corrected chi connectivity index (χ2v) is 7.80. The number of aromatic carboxylic acids is 1. The van der Waals surface area contributed by atoms with Crippen molar-refractivity contribution in [1.29, 1.82) is 0 Å². The molecule has 1 aromatic heterocycles. The molecule has 0 spiro atoms. The Balaban J connectivity index is 2.06. The van der Waals surface area contributed by atoms with Crippen molar-refractivity contribution in [3.8, 4) is 0 Å². The highest BCUT2D eigenvalue weighted by atomic mass is 32.2. The predicted molar refractivity (Wildman–Crippen MR) is 77.8 cm³/mol. The Bertz CT molecular complexity index is 586. The number of nitrogens with one attached hydrogen (secondary N) is 1. The monoisotopic (exact) mass is 317 g/mol. The molecule has 2 N–H and O–H groups in total. The first-order valence-corrected chi connectivity index (χ1v) is 9.09. The zero-order chi connectivity index (χ0) is 14.8. The van der Waals surface area contributed by atoms with Crippen LogP contribution in [0.4, 0.5) is 0 Å². The van der Waals surface area contributed by atoms with Crippen molar-refractivity contribution in [2.75, 3.05) is 6.54 Å². The van der Waals surface area contributed by atoms with Gasteiger partial charge in [0.15, 0.2) is 0 Å². The van der Waals surface area contributed by atoms with Gasteiger partial charge in [-0.1, -0.05) is 25.7 Å². The van der Waals surface area contributed by atoms with Crippen molar-refractivity contribution in [3.05, 3.63) is 15.8 Å². The summed E-state index contributed by atoms with van der Waals surface area (Å²) in [5.41, 5.74) is 0.487. The van der Waals surface area contributed by atoms with Crippen molar-refractivity contribution in [1.82, 2.24) is 4.72 Å². The fourth-order valence-electron chi connectivity index (χ4n) is 2.68. The van der Waals surface area contributed by atoms with E-state index in [2.05, 4.69) is 4.72 Å². The molecule has 1 aliphatic carbocycles. The molecule has 1 saturated carbocycles. The van der Waals surface area contributed by atoms with E-state index >= 15 is 0 Å². The van der Waals surface area contributed by atoms with Crippen LogP contribution in [0.3, 0.4) is 0 Å².